The van der Waals surface area contributed by atoms with Crippen LogP contribution in [0.5, 0.6) is 0 Å². The highest BCUT2D eigenvalue weighted by Crippen LogP contribution is 2.34. The van der Waals surface area contributed by atoms with Gasteiger partial charge in [-0.2, -0.15) is 0 Å². The van der Waals surface area contributed by atoms with Gasteiger partial charge in [0.1, 0.15) is 0 Å². The number of nitrogens with one attached hydrogen (secondary N) is 1. The van der Waals surface area contributed by atoms with Crippen LogP contribution in [0.15, 0.2) is 0 Å². The fourth-order valence-electron chi connectivity index (χ4n) is 2.69. The highest BCUT2D eigenvalue weighted by Gasteiger charge is 2.36. The molecule has 1 saturated carbocycles. The molecule has 0 amide bonds. The van der Waals surface area contributed by atoms with E-state index in [1.807, 2.05) is 0 Å². The van der Waals surface area contributed by atoms with Gasteiger partial charge >= 0.3 is 0 Å². The maximum Gasteiger partial charge on any atom is 0.0619 e. The van der Waals surface area contributed by atoms with Gasteiger partial charge in [-0.15, -0.1) is 0 Å². The summed E-state index contributed by atoms with van der Waals surface area (Å²) in [4.78, 5) is 0. The molecule has 1 aliphatic carbocycles. The van der Waals surface area contributed by atoms with Crippen molar-refractivity contribution in [2.45, 2.75) is 44.8 Å². The third kappa shape index (κ3) is 1.50. The average molecular weight is 169 g/mol. The second-order valence-electron chi connectivity index (χ2n) is 3.96. The molecule has 0 aromatic carbocycles. The Morgan fingerprint density at radius 1 is 1.33 bits per heavy atom. The summed E-state index contributed by atoms with van der Waals surface area (Å²) >= 11 is 0. The van der Waals surface area contributed by atoms with E-state index in [1.54, 1.807) is 0 Å². The highest BCUT2D eigenvalue weighted by molar-refractivity contribution is 4.90. The van der Waals surface area contributed by atoms with Crippen LogP contribution in [0, 0.1) is 5.92 Å². The minimum absolute atomic E-state index is 0.586. The first kappa shape index (κ1) is 8.52. The van der Waals surface area contributed by atoms with E-state index in [-0.39, 0.29) is 0 Å². The second kappa shape index (κ2) is 3.75. The Bertz CT molecular complexity index is 147. The lowest BCUT2D eigenvalue weighted by Crippen LogP contribution is -2.42. The van der Waals surface area contributed by atoms with Crippen LogP contribution in [0.25, 0.3) is 0 Å². The van der Waals surface area contributed by atoms with Gasteiger partial charge in [-0.1, -0.05) is 6.92 Å². The Labute approximate surface area is 74.7 Å². The van der Waals surface area contributed by atoms with Crippen LogP contribution in [0.3, 0.4) is 0 Å². The Kier molecular flexibility index (Phi) is 2.66. The van der Waals surface area contributed by atoms with Gasteiger partial charge in [0.25, 0.3) is 0 Å². The molecule has 1 aliphatic heterocycles. The molecule has 2 aliphatic rings. The van der Waals surface area contributed by atoms with E-state index in [4.69, 9.17) is 4.74 Å². The van der Waals surface area contributed by atoms with Crippen molar-refractivity contribution < 1.29 is 4.74 Å². The van der Waals surface area contributed by atoms with Crippen LogP contribution in [0.1, 0.15) is 32.6 Å². The molecular weight excluding hydrogens is 150 g/mol. The quantitative estimate of drug-likeness (QED) is 0.677. The molecule has 12 heavy (non-hydrogen) atoms. The number of hydrogen-bond acceptors (Lipinski definition) is 2. The SMILES string of the molecule is CCN[C@@H]1CCC[C@H]2OCC[C@H]12. The third-order valence-electron chi connectivity index (χ3n) is 3.25. The third-order valence-corrected chi connectivity index (χ3v) is 3.25. The largest absolute Gasteiger partial charge is 0.378 e. The van der Waals surface area contributed by atoms with Crippen LogP contribution in [0.4, 0.5) is 0 Å². The Morgan fingerprint density at radius 3 is 3.08 bits per heavy atom. The van der Waals surface area contributed by atoms with E-state index < -0.39 is 0 Å². The van der Waals surface area contributed by atoms with Gasteiger partial charge in [-0.05, 0) is 32.2 Å². The molecule has 0 bridgehead atoms. The van der Waals surface area contributed by atoms with Gasteiger partial charge in [0.05, 0.1) is 6.10 Å². The zero-order valence-electron chi connectivity index (χ0n) is 7.88. The normalized spacial score (nSPS) is 41.2. The zero-order valence-corrected chi connectivity index (χ0v) is 7.88. The van der Waals surface area contributed by atoms with Crippen molar-refractivity contribution in [3.05, 3.63) is 0 Å². The second-order valence-corrected chi connectivity index (χ2v) is 3.96. The minimum atomic E-state index is 0.586. The average Bonchev–Trinajstić information content (AvgIpc) is 2.53. The molecule has 0 unspecified atom stereocenters. The lowest BCUT2D eigenvalue weighted by molar-refractivity contribution is 0.0536. The summed E-state index contributed by atoms with van der Waals surface area (Å²) in [5.74, 6) is 0.818. The van der Waals surface area contributed by atoms with Crippen LogP contribution in [-0.4, -0.2) is 25.3 Å². The molecule has 2 heteroatoms. The fraction of sp³-hybridized carbons (Fsp3) is 1.00. The molecule has 1 heterocycles. The smallest absolute Gasteiger partial charge is 0.0619 e. The van der Waals surface area contributed by atoms with E-state index in [0.29, 0.717) is 6.10 Å². The van der Waals surface area contributed by atoms with Crippen molar-refractivity contribution in [3.8, 4) is 0 Å². The molecule has 0 spiro atoms. The first-order valence-electron chi connectivity index (χ1n) is 5.27. The molecule has 2 fully saturated rings. The van der Waals surface area contributed by atoms with Crippen molar-refractivity contribution in [2.24, 2.45) is 5.92 Å². The van der Waals surface area contributed by atoms with Gasteiger partial charge in [-0.25, -0.2) is 0 Å². The minimum Gasteiger partial charge on any atom is -0.378 e. The molecule has 2 nitrogen and oxygen atoms in total. The molecule has 1 N–H and O–H groups in total. The van der Waals surface area contributed by atoms with E-state index in [9.17, 15) is 0 Å². The molecule has 0 radical (unpaired) electrons. The maximum atomic E-state index is 5.69. The van der Waals surface area contributed by atoms with Gasteiger partial charge < -0.3 is 10.1 Å². The van der Waals surface area contributed by atoms with E-state index in [1.165, 1.54) is 25.7 Å². The highest BCUT2D eigenvalue weighted by atomic mass is 16.5. The summed E-state index contributed by atoms with van der Waals surface area (Å²) in [5.41, 5.74) is 0. The summed E-state index contributed by atoms with van der Waals surface area (Å²) < 4.78 is 5.69. The van der Waals surface area contributed by atoms with Crippen LogP contribution in [-0.2, 0) is 4.74 Å². The molecular formula is C10H19NO. The monoisotopic (exact) mass is 169 g/mol. The van der Waals surface area contributed by atoms with Crippen molar-refractivity contribution in [1.29, 1.82) is 0 Å². The fourth-order valence-corrected chi connectivity index (χ4v) is 2.69. The predicted molar refractivity (Wildman–Crippen MR) is 49.2 cm³/mol. The van der Waals surface area contributed by atoms with Crippen molar-refractivity contribution in [2.75, 3.05) is 13.2 Å². The van der Waals surface area contributed by atoms with Crippen molar-refractivity contribution in [1.82, 2.24) is 5.32 Å². The first-order chi connectivity index (χ1) is 5.92. The number of ether oxygens (including phenoxy) is 1. The van der Waals surface area contributed by atoms with E-state index >= 15 is 0 Å². The molecule has 1 saturated heterocycles. The Morgan fingerprint density at radius 2 is 2.25 bits per heavy atom. The van der Waals surface area contributed by atoms with Crippen LogP contribution < -0.4 is 5.32 Å². The van der Waals surface area contributed by atoms with Gasteiger partial charge in [0, 0.05) is 18.6 Å². The summed E-state index contributed by atoms with van der Waals surface area (Å²) in [6.07, 6.45) is 5.87. The first-order valence-corrected chi connectivity index (χ1v) is 5.27. The summed E-state index contributed by atoms with van der Waals surface area (Å²) in [6.45, 7) is 4.30. The molecule has 3 atom stereocenters. The zero-order chi connectivity index (χ0) is 8.39. The predicted octanol–water partition coefficient (Wildman–Crippen LogP) is 1.55. The van der Waals surface area contributed by atoms with Crippen molar-refractivity contribution in [3.63, 3.8) is 0 Å². The summed E-state index contributed by atoms with van der Waals surface area (Å²) in [6, 6.07) is 0.747. The molecule has 2 rings (SSSR count). The topological polar surface area (TPSA) is 21.3 Å². The van der Waals surface area contributed by atoms with Crippen molar-refractivity contribution >= 4 is 0 Å². The maximum absolute atomic E-state index is 5.69. The number of hydrogen-bond donors (Lipinski definition) is 1. The Balaban J connectivity index is 1.94. The molecule has 0 aromatic rings. The summed E-state index contributed by atoms with van der Waals surface area (Å²) in [7, 11) is 0. The standard InChI is InChI=1S/C10H19NO/c1-2-11-9-4-3-5-10-8(9)6-7-12-10/h8-11H,2-7H2,1H3/t8-,9-,10-/m1/s1. The van der Waals surface area contributed by atoms with Gasteiger partial charge in [0.15, 0.2) is 0 Å². The van der Waals surface area contributed by atoms with Gasteiger partial charge in [-0.3, -0.25) is 0 Å². The lowest BCUT2D eigenvalue weighted by atomic mass is 9.82. The molecule has 70 valence electrons. The van der Waals surface area contributed by atoms with E-state index in [0.717, 1.165) is 25.1 Å². The number of fused-ring (bicyclic) bond motifs is 1. The van der Waals surface area contributed by atoms with E-state index in [2.05, 4.69) is 12.2 Å². The van der Waals surface area contributed by atoms with Crippen LogP contribution >= 0.6 is 0 Å². The number of rotatable bonds is 2. The lowest BCUT2D eigenvalue weighted by Gasteiger charge is -2.33. The van der Waals surface area contributed by atoms with Crippen LogP contribution in [0.2, 0.25) is 0 Å². The summed E-state index contributed by atoms with van der Waals surface area (Å²) in [5, 5.41) is 3.58. The van der Waals surface area contributed by atoms with Gasteiger partial charge in [0.2, 0.25) is 0 Å². The molecule has 0 aromatic heterocycles. The Hall–Kier alpha value is -0.0800.